The van der Waals surface area contributed by atoms with Gasteiger partial charge in [0.05, 0.1) is 6.04 Å². The van der Waals surface area contributed by atoms with Crippen molar-refractivity contribution in [3.8, 4) is 5.75 Å². The number of phenols is 1. The summed E-state index contributed by atoms with van der Waals surface area (Å²) in [4.78, 5) is 53.8. The molecule has 1 saturated heterocycles. The van der Waals surface area contributed by atoms with Crippen LogP contribution in [0, 0.1) is 0 Å². The first-order valence-corrected chi connectivity index (χ1v) is 14.1. The van der Waals surface area contributed by atoms with Crippen molar-refractivity contribution in [1.29, 1.82) is 0 Å². The van der Waals surface area contributed by atoms with E-state index in [-0.39, 0.29) is 38.0 Å². The third-order valence-electron chi connectivity index (χ3n) is 7.44. The Labute approximate surface area is 249 Å². The smallest absolute Gasteiger partial charge is 0.326 e. The molecule has 8 N–H and O–H groups in total. The minimum absolute atomic E-state index is 0.0621. The van der Waals surface area contributed by atoms with E-state index in [1.54, 1.807) is 60.7 Å². The molecule has 3 aromatic rings. The fourth-order valence-electron chi connectivity index (χ4n) is 5.20. The van der Waals surface area contributed by atoms with Crippen LogP contribution in [0.5, 0.6) is 5.75 Å². The van der Waals surface area contributed by atoms with E-state index < -0.39 is 53.9 Å². The number of aliphatic carboxylic acids is 1. The number of hydrogen-bond donors (Lipinski definition) is 6. The Kier molecular flexibility index (Phi) is 10.5. The SMILES string of the molecule is N[C@H]1C[C@@H](C(=O)N[C@H](Cc2ccccc2)C(=O)N[C@@H](Cc2ccccc2)C(=O)O)N(C(=O)[C@@H](N)Cc2ccc(O)cc2)C1. The summed E-state index contributed by atoms with van der Waals surface area (Å²) in [7, 11) is 0. The zero-order valence-electron chi connectivity index (χ0n) is 23.6. The summed E-state index contributed by atoms with van der Waals surface area (Å²) >= 11 is 0. The van der Waals surface area contributed by atoms with Crippen molar-refractivity contribution in [3.05, 3.63) is 102 Å². The number of rotatable bonds is 12. The number of benzene rings is 3. The second-order valence-corrected chi connectivity index (χ2v) is 10.8. The molecule has 11 nitrogen and oxygen atoms in total. The summed E-state index contributed by atoms with van der Waals surface area (Å²) in [6, 6.07) is 19.5. The van der Waals surface area contributed by atoms with E-state index in [1.165, 1.54) is 17.0 Å². The number of likely N-dealkylation sites (tertiary alicyclic amines) is 1. The molecule has 0 aromatic heterocycles. The Morgan fingerprint density at radius 1 is 0.791 bits per heavy atom. The number of carbonyl (C=O) groups is 4. The third-order valence-corrected chi connectivity index (χ3v) is 7.44. The maximum absolute atomic E-state index is 13.6. The number of aromatic hydroxyl groups is 1. The van der Waals surface area contributed by atoms with E-state index >= 15 is 0 Å². The van der Waals surface area contributed by atoms with Gasteiger partial charge in [-0.05, 0) is 41.7 Å². The van der Waals surface area contributed by atoms with Crippen LogP contribution < -0.4 is 22.1 Å². The molecule has 0 unspecified atom stereocenters. The van der Waals surface area contributed by atoms with Crippen molar-refractivity contribution in [1.82, 2.24) is 15.5 Å². The molecular weight excluding hydrogens is 550 g/mol. The highest BCUT2D eigenvalue weighted by Crippen LogP contribution is 2.20. The van der Waals surface area contributed by atoms with Gasteiger partial charge in [-0.15, -0.1) is 0 Å². The van der Waals surface area contributed by atoms with E-state index in [0.29, 0.717) is 0 Å². The van der Waals surface area contributed by atoms with Gasteiger partial charge in [-0.1, -0.05) is 72.8 Å². The van der Waals surface area contributed by atoms with Crippen molar-refractivity contribution in [2.75, 3.05) is 6.54 Å². The van der Waals surface area contributed by atoms with Gasteiger partial charge in [-0.3, -0.25) is 14.4 Å². The highest BCUT2D eigenvalue weighted by molar-refractivity contribution is 5.94. The Morgan fingerprint density at radius 2 is 1.33 bits per heavy atom. The Hall–Kier alpha value is -4.74. The molecule has 43 heavy (non-hydrogen) atoms. The van der Waals surface area contributed by atoms with Crippen LogP contribution >= 0.6 is 0 Å². The number of nitrogens with zero attached hydrogens (tertiary/aromatic N) is 1. The third kappa shape index (κ3) is 8.63. The lowest BCUT2D eigenvalue weighted by Gasteiger charge is -2.28. The molecule has 1 fully saturated rings. The van der Waals surface area contributed by atoms with Crippen molar-refractivity contribution < 1.29 is 29.4 Å². The summed E-state index contributed by atoms with van der Waals surface area (Å²) < 4.78 is 0. The van der Waals surface area contributed by atoms with Crippen LogP contribution in [0.4, 0.5) is 0 Å². The zero-order valence-corrected chi connectivity index (χ0v) is 23.6. The lowest BCUT2D eigenvalue weighted by molar-refractivity contribution is -0.143. The molecule has 0 aliphatic carbocycles. The van der Waals surface area contributed by atoms with Crippen LogP contribution in [0.15, 0.2) is 84.9 Å². The first-order valence-electron chi connectivity index (χ1n) is 14.1. The van der Waals surface area contributed by atoms with Gasteiger partial charge in [0.2, 0.25) is 17.7 Å². The lowest BCUT2D eigenvalue weighted by Crippen LogP contribution is -2.57. The quantitative estimate of drug-likeness (QED) is 0.179. The normalized spacial score (nSPS) is 18.3. The summed E-state index contributed by atoms with van der Waals surface area (Å²) in [5.74, 6) is -2.81. The summed E-state index contributed by atoms with van der Waals surface area (Å²) in [6.45, 7) is 0.119. The molecule has 1 heterocycles. The maximum atomic E-state index is 13.6. The number of amides is 3. The van der Waals surface area contributed by atoms with Crippen LogP contribution in [0.1, 0.15) is 23.1 Å². The van der Waals surface area contributed by atoms with Crippen LogP contribution in [0.2, 0.25) is 0 Å². The number of phenolic OH excluding ortho intramolecular Hbond substituents is 1. The number of carbonyl (C=O) groups excluding carboxylic acids is 3. The van der Waals surface area contributed by atoms with E-state index in [2.05, 4.69) is 10.6 Å². The van der Waals surface area contributed by atoms with Gasteiger partial charge < -0.3 is 37.2 Å². The number of carboxylic acids is 1. The van der Waals surface area contributed by atoms with Crippen LogP contribution in [-0.4, -0.2) is 75.6 Å². The van der Waals surface area contributed by atoms with Crippen LogP contribution in [-0.2, 0) is 38.4 Å². The second kappa shape index (κ2) is 14.4. The summed E-state index contributed by atoms with van der Waals surface area (Å²) in [5.41, 5.74) is 14.6. The Balaban J connectivity index is 1.49. The van der Waals surface area contributed by atoms with Gasteiger partial charge in [0.15, 0.2) is 0 Å². The van der Waals surface area contributed by atoms with Crippen molar-refractivity contribution in [3.63, 3.8) is 0 Å². The fraction of sp³-hybridized carbons (Fsp3) is 0.312. The molecule has 0 radical (unpaired) electrons. The molecule has 1 aliphatic heterocycles. The second-order valence-electron chi connectivity index (χ2n) is 10.8. The summed E-state index contributed by atoms with van der Waals surface area (Å²) in [5, 5.41) is 24.7. The molecule has 5 atom stereocenters. The number of hydrogen-bond acceptors (Lipinski definition) is 7. The largest absolute Gasteiger partial charge is 0.508 e. The predicted molar refractivity (Wildman–Crippen MR) is 160 cm³/mol. The minimum Gasteiger partial charge on any atom is -0.508 e. The summed E-state index contributed by atoms with van der Waals surface area (Å²) in [6.07, 6.45) is 0.529. The maximum Gasteiger partial charge on any atom is 0.326 e. The molecule has 0 saturated carbocycles. The zero-order chi connectivity index (χ0) is 30.9. The minimum atomic E-state index is -1.22. The topological polar surface area (TPSA) is 188 Å². The lowest BCUT2D eigenvalue weighted by atomic mass is 10.0. The van der Waals surface area contributed by atoms with Gasteiger partial charge in [-0.2, -0.15) is 0 Å². The van der Waals surface area contributed by atoms with Crippen molar-refractivity contribution >= 4 is 23.7 Å². The fourth-order valence-corrected chi connectivity index (χ4v) is 5.20. The highest BCUT2D eigenvalue weighted by atomic mass is 16.4. The average molecular weight is 588 g/mol. The van der Waals surface area contributed by atoms with Gasteiger partial charge >= 0.3 is 5.97 Å². The molecule has 3 amide bonds. The number of carboxylic acid groups (broad SMARTS) is 1. The van der Waals surface area contributed by atoms with Crippen LogP contribution in [0.25, 0.3) is 0 Å². The monoisotopic (exact) mass is 587 g/mol. The van der Waals surface area contributed by atoms with Gasteiger partial charge in [0.25, 0.3) is 0 Å². The van der Waals surface area contributed by atoms with Crippen LogP contribution in [0.3, 0.4) is 0 Å². The van der Waals surface area contributed by atoms with Crippen molar-refractivity contribution in [2.45, 2.75) is 55.9 Å². The molecule has 226 valence electrons. The number of nitrogens with two attached hydrogens (primary N) is 2. The molecule has 1 aliphatic rings. The molecular formula is C32H37N5O6. The number of nitrogens with one attached hydrogen (secondary N) is 2. The van der Waals surface area contributed by atoms with Gasteiger partial charge in [0, 0.05) is 25.4 Å². The molecule has 0 bridgehead atoms. The van der Waals surface area contributed by atoms with Gasteiger partial charge in [0.1, 0.15) is 23.9 Å². The standard InChI is InChI=1S/C32H37N5O6/c33-23-18-28(37(19-23)31(41)25(34)15-22-11-13-24(38)14-12-22)30(40)35-26(16-20-7-3-1-4-8-20)29(39)36-27(32(42)43)17-21-9-5-2-6-10-21/h1-14,23,25-28,38H,15-19,33-34H2,(H,35,40)(H,36,39)(H,42,43)/t23-,25-,26+,27-,28-/m0/s1. The molecule has 3 aromatic carbocycles. The predicted octanol–water partition coefficient (Wildman–Crippen LogP) is 0.730. The first kappa shape index (κ1) is 31.2. The highest BCUT2D eigenvalue weighted by Gasteiger charge is 2.41. The first-order chi connectivity index (χ1) is 20.6. The Morgan fingerprint density at radius 3 is 1.88 bits per heavy atom. The van der Waals surface area contributed by atoms with E-state index in [9.17, 15) is 29.4 Å². The van der Waals surface area contributed by atoms with E-state index in [0.717, 1.165) is 16.7 Å². The molecule has 11 heteroatoms. The van der Waals surface area contributed by atoms with E-state index in [4.69, 9.17) is 11.5 Å². The average Bonchev–Trinajstić information content (AvgIpc) is 3.39. The van der Waals surface area contributed by atoms with Gasteiger partial charge in [-0.25, -0.2) is 4.79 Å². The molecule has 4 rings (SSSR count). The van der Waals surface area contributed by atoms with Crippen molar-refractivity contribution in [2.24, 2.45) is 11.5 Å². The molecule has 0 spiro atoms. The van der Waals surface area contributed by atoms with E-state index in [1.807, 2.05) is 12.1 Å². The Bertz CT molecular complexity index is 1400.